The Kier molecular flexibility index (Phi) is 3.95. The van der Waals surface area contributed by atoms with Crippen LogP contribution in [0.1, 0.15) is 11.6 Å². The van der Waals surface area contributed by atoms with Gasteiger partial charge in [-0.2, -0.15) is 4.98 Å². The molecule has 7 nitrogen and oxygen atoms in total. The van der Waals surface area contributed by atoms with E-state index in [-0.39, 0.29) is 0 Å². The molecule has 0 spiro atoms. The third-order valence-electron chi connectivity index (χ3n) is 3.47. The van der Waals surface area contributed by atoms with Crippen molar-refractivity contribution < 1.29 is 8.94 Å². The minimum absolute atomic E-state index is 0.549. The van der Waals surface area contributed by atoms with Gasteiger partial charge in [0.05, 0.1) is 22.5 Å². The van der Waals surface area contributed by atoms with E-state index in [1.807, 2.05) is 42.1 Å². The molecule has 0 saturated carbocycles. The summed E-state index contributed by atoms with van der Waals surface area (Å²) in [5.41, 5.74) is 0.941. The molecule has 4 rings (SSSR count). The Morgan fingerprint density at radius 1 is 1.29 bits per heavy atom. The minimum atomic E-state index is 0.549. The van der Waals surface area contributed by atoms with Crippen LogP contribution in [0, 0.1) is 6.92 Å². The number of rotatable bonds is 5. The summed E-state index contributed by atoms with van der Waals surface area (Å²) in [5, 5.41) is 15.3. The molecule has 0 bridgehead atoms. The molecule has 24 heavy (non-hydrogen) atoms. The fourth-order valence-electron chi connectivity index (χ4n) is 2.23. The zero-order chi connectivity index (χ0) is 16.5. The van der Waals surface area contributed by atoms with Gasteiger partial charge in [-0.25, -0.2) is 0 Å². The van der Waals surface area contributed by atoms with Gasteiger partial charge in [0.2, 0.25) is 0 Å². The van der Waals surface area contributed by atoms with Crippen molar-refractivity contribution in [2.24, 2.45) is 7.05 Å². The summed E-state index contributed by atoms with van der Waals surface area (Å²) in [6.45, 7) is 1.91. The van der Waals surface area contributed by atoms with E-state index in [4.69, 9.17) is 8.94 Å². The van der Waals surface area contributed by atoms with Gasteiger partial charge < -0.3 is 13.5 Å². The van der Waals surface area contributed by atoms with E-state index in [0.29, 0.717) is 17.5 Å². The topological polar surface area (TPSA) is 82.8 Å². The van der Waals surface area contributed by atoms with E-state index < -0.39 is 0 Å². The lowest BCUT2D eigenvalue weighted by Gasteiger charge is -2.01. The summed E-state index contributed by atoms with van der Waals surface area (Å²) in [5.74, 6) is 3.34. The summed E-state index contributed by atoms with van der Waals surface area (Å²) in [4.78, 5) is 5.38. The average molecular weight is 359 g/mol. The van der Waals surface area contributed by atoms with Crippen molar-refractivity contribution >= 4 is 23.1 Å². The lowest BCUT2D eigenvalue weighted by molar-refractivity contribution is 0.426. The van der Waals surface area contributed by atoms with Crippen LogP contribution in [-0.4, -0.2) is 24.9 Å². The minimum Gasteiger partial charge on any atom is -0.469 e. The van der Waals surface area contributed by atoms with Gasteiger partial charge in [0, 0.05) is 7.05 Å². The SMILES string of the molecule is Cc1occc1-c1nnc(SCc2noc(-c3cccs3)n2)n1C. The summed E-state index contributed by atoms with van der Waals surface area (Å²) in [6, 6.07) is 5.80. The Bertz CT molecular complexity index is 955. The van der Waals surface area contributed by atoms with Crippen LogP contribution in [0.2, 0.25) is 0 Å². The highest BCUT2D eigenvalue weighted by molar-refractivity contribution is 7.98. The number of thiophene rings is 1. The van der Waals surface area contributed by atoms with Crippen LogP contribution in [0.15, 0.2) is 43.9 Å². The molecule has 0 radical (unpaired) electrons. The molecular formula is C15H13N5O2S2. The summed E-state index contributed by atoms with van der Waals surface area (Å²) < 4.78 is 12.6. The number of aryl methyl sites for hydroxylation is 1. The van der Waals surface area contributed by atoms with Crippen molar-refractivity contribution in [1.29, 1.82) is 0 Å². The predicted octanol–water partition coefficient (Wildman–Crippen LogP) is 3.79. The highest BCUT2D eigenvalue weighted by Crippen LogP contribution is 2.28. The maximum atomic E-state index is 5.33. The number of aromatic nitrogens is 5. The lowest BCUT2D eigenvalue weighted by Crippen LogP contribution is -1.95. The largest absolute Gasteiger partial charge is 0.469 e. The molecule has 0 N–H and O–H groups in total. The Balaban J connectivity index is 1.49. The zero-order valence-electron chi connectivity index (χ0n) is 13.0. The van der Waals surface area contributed by atoms with Gasteiger partial charge in [-0.15, -0.1) is 21.5 Å². The van der Waals surface area contributed by atoms with Gasteiger partial charge in [0.15, 0.2) is 16.8 Å². The number of hydrogen-bond donors (Lipinski definition) is 0. The molecule has 0 saturated heterocycles. The van der Waals surface area contributed by atoms with E-state index >= 15 is 0 Å². The first-order valence-corrected chi connectivity index (χ1v) is 9.02. The van der Waals surface area contributed by atoms with Gasteiger partial charge >= 0.3 is 0 Å². The molecule has 4 aromatic heterocycles. The van der Waals surface area contributed by atoms with Crippen LogP contribution in [-0.2, 0) is 12.8 Å². The van der Waals surface area contributed by atoms with E-state index in [1.165, 1.54) is 11.8 Å². The fourth-order valence-corrected chi connectivity index (χ4v) is 3.63. The number of furan rings is 1. The Morgan fingerprint density at radius 3 is 2.96 bits per heavy atom. The maximum Gasteiger partial charge on any atom is 0.268 e. The number of thioether (sulfide) groups is 1. The van der Waals surface area contributed by atoms with Gasteiger partial charge in [-0.3, -0.25) is 0 Å². The standard InChI is InChI=1S/C15H13N5O2S2/c1-9-10(5-6-21-9)13-17-18-15(20(13)2)24-8-12-16-14(22-19-12)11-4-3-7-23-11/h3-7H,8H2,1-2H3. The third kappa shape index (κ3) is 2.76. The van der Waals surface area contributed by atoms with Gasteiger partial charge in [0.25, 0.3) is 5.89 Å². The second-order valence-corrected chi connectivity index (χ2v) is 6.93. The van der Waals surface area contributed by atoms with Crippen molar-refractivity contribution in [3.05, 3.63) is 41.4 Å². The molecule has 4 aromatic rings. The smallest absolute Gasteiger partial charge is 0.268 e. The molecule has 0 aliphatic carbocycles. The first-order chi connectivity index (χ1) is 11.7. The van der Waals surface area contributed by atoms with Crippen LogP contribution < -0.4 is 0 Å². The van der Waals surface area contributed by atoms with Crippen molar-refractivity contribution in [3.63, 3.8) is 0 Å². The highest BCUT2D eigenvalue weighted by Gasteiger charge is 2.16. The monoisotopic (exact) mass is 359 g/mol. The third-order valence-corrected chi connectivity index (χ3v) is 5.34. The average Bonchev–Trinajstić information content (AvgIpc) is 3.33. The quantitative estimate of drug-likeness (QED) is 0.501. The molecule has 0 unspecified atom stereocenters. The molecule has 0 atom stereocenters. The van der Waals surface area contributed by atoms with Crippen molar-refractivity contribution in [2.45, 2.75) is 17.8 Å². The molecule has 0 aromatic carbocycles. The van der Waals surface area contributed by atoms with Crippen molar-refractivity contribution in [1.82, 2.24) is 24.9 Å². The van der Waals surface area contributed by atoms with Gasteiger partial charge in [0.1, 0.15) is 5.76 Å². The van der Waals surface area contributed by atoms with E-state index in [2.05, 4.69) is 20.3 Å². The van der Waals surface area contributed by atoms with Crippen LogP contribution in [0.5, 0.6) is 0 Å². The summed E-state index contributed by atoms with van der Waals surface area (Å²) in [6.07, 6.45) is 1.65. The number of nitrogens with zero attached hydrogens (tertiary/aromatic N) is 5. The normalized spacial score (nSPS) is 11.2. The second-order valence-electron chi connectivity index (χ2n) is 5.04. The van der Waals surface area contributed by atoms with Crippen LogP contribution >= 0.6 is 23.1 Å². The highest BCUT2D eigenvalue weighted by atomic mass is 32.2. The molecule has 0 aliphatic rings. The molecule has 4 heterocycles. The van der Waals surface area contributed by atoms with Crippen molar-refractivity contribution in [3.8, 4) is 22.2 Å². The van der Waals surface area contributed by atoms with Crippen molar-refractivity contribution in [2.75, 3.05) is 0 Å². The molecule has 0 fully saturated rings. The van der Waals surface area contributed by atoms with E-state index in [9.17, 15) is 0 Å². The fraction of sp³-hybridized carbons (Fsp3) is 0.200. The summed E-state index contributed by atoms with van der Waals surface area (Å²) >= 11 is 3.08. The first kappa shape index (κ1) is 15.2. The zero-order valence-corrected chi connectivity index (χ0v) is 14.6. The first-order valence-electron chi connectivity index (χ1n) is 7.15. The Morgan fingerprint density at radius 2 is 2.21 bits per heavy atom. The van der Waals surface area contributed by atoms with Gasteiger partial charge in [-0.1, -0.05) is 23.0 Å². The van der Waals surface area contributed by atoms with Crippen LogP contribution in [0.25, 0.3) is 22.2 Å². The van der Waals surface area contributed by atoms with E-state index in [1.54, 1.807) is 17.6 Å². The molecular weight excluding hydrogens is 346 g/mol. The maximum absolute atomic E-state index is 5.33. The molecule has 0 amide bonds. The van der Waals surface area contributed by atoms with Crippen LogP contribution in [0.4, 0.5) is 0 Å². The summed E-state index contributed by atoms with van der Waals surface area (Å²) in [7, 11) is 1.93. The van der Waals surface area contributed by atoms with Crippen LogP contribution in [0.3, 0.4) is 0 Å². The lowest BCUT2D eigenvalue weighted by atomic mass is 10.2. The molecule has 9 heteroatoms. The molecule has 122 valence electrons. The van der Waals surface area contributed by atoms with E-state index in [0.717, 1.165) is 27.2 Å². The predicted molar refractivity (Wildman–Crippen MR) is 90.6 cm³/mol. The Labute approximate surface area is 145 Å². The molecule has 0 aliphatic heterocycles. The number of hydrogen-bond acceptors (Lipinski definition) is 8. The Hall–Kier alpha value is -2.39. The second kappa shape index (κ2) is 6.25. The van der Waals surface area contributed by atoms with Gasteiger partial charge in [-0.05, 0) is 24.4 Å².